The smallest absolute Gasteiger partial charge is 0.255 e. The van der Waals surface area contributed by atoms with Crippen LogP contribution in [0.2, 0.25) is 0 Å². The first-order valence-electron chi connectivity index (χ1n) is 5.95. The first kappa shape index (κ1) is 13.1. The quantitative estimate of drug-likeness (QED) is 0.784. The number of hydrogen-bond acceptors (Lipinski definition) is 4. The minimum absolute atomic E-state index is 0.0487. The van der Waals surface area contributed by atoms with Crippen LogP contribution in [0.5, 0.6) is 11.5 Å². The maximum Gasteiger partial charge on any atom is 0.255 e. The number of benzene rings is 1. The average molecular weight is 267 g/mol. The van der Waals surface area contributed by atoms with E-state index in [4.69, 9.17) is 0 Å². The van der Waals surface area contributed by atoms with Crippen molar-refractivity contribution in [2.75, 3.05) is 6.26 Å². The Morgan fingerprint density at radius 3 is 2.78 bits per heavy atom. The van der Waals surface area contributed by atoms with Gasteiger partial charge in [0, 0.05) is 17.4 Å². The van der Waals surface area contributed by atoms with Crippen LogP contribution in [0, 0.1) is 0 Å². The van der Waals surface area contributed by atoms with Gasteiger partial charge in [-0.3, -0.25) is 4.79 Å². The van der Waals surface area contributed by atoms with Gasteiger partial charge in [0.25, 0.3) is 5.91 Å². The Morgan fingerprint density at radius 1 is 1.39 bits per heavy atom. The normalized spacial score (nSPS) is 22.9. The summed E-state index contributed by atoms with van der Waals surface area (Å²) in [5.74, 6) is -0.515. The van der Waals surface area contributed by atoms with Crippen LogP contribution in [0.4, 0.5) is 0 Å². The van der Waals surface area contributed by atoms with Crippen molar-refractivity contribution in [2.45, 2.75) is 30.6 Å². The second-order valence-electron chi connectivity index (χ2n) is 4.54. The van der Waals surface area contributed by atoms with E-state index in [2.05, 4.69) is 11.6 Å². The van der Waals surface area contributed by atoms with Gasteiger partial charge >= 0.3 is 0 Å². The number of hydrogen-bond donors (Lipinski definition) is 3. The summed E-state index contributed by atoms with van der Waals surface area (Å²) in [5.41, 5.74) is 0.209. The fraction of sp³-hybridized carbons (Fsp3) is 0.462. The van der Waals surface area contributed by atoms with Gasteiger partial charge in [-0.1, -0.05) is 0 Å². The van der Waals surface area contributed by atoms with Crippen molar-refractivity contribution in [3.8, 4) is 11.5 Å². The summed E-state index contributed by atoms with van der Waals surface area (Å²) >= 11 is 1.83. The predicted octanol–water partition coefficient (Wildman–Crippen LogP) is 2.11. The number of carbonyl (C=O) groups is 1. The standard InChI is InChI=1S/C13H17NO3S/c1-18-10-4-2-8(6-10)14-13(17)11-5-3-9(15)7-12(11)16/h3,5,7-8,10,15-16H,2,4,6H2,1H3,(H,14,17). The SMILES string of the molecule is CSC1CCC(NC(=O)c2ccc(O)cc2O)C1. The van der Waals surface area contributed by atoms with E-state index in [-0.39, 0.29) is 29.0 Å². The Kier molecular flexibility index (Phi) is 4.01. The minimum Gasteiger partial charge on any atom is -0.508 e. The number of thioether (sulfide) groups is 1. The van der Waals surface area contributed by atoms with Gasteiger partial charge in [0.2, 0.25) is 0 Å². The molecule has 0 radical (unpaired) electrons. The number of carbonyl (C=O) groups excluding carboxylic acids is 1. The Balaban J connectivity index is 2.00. The molecule has 0 bridgehead atoms. The Labute approximate surface area is 110 Å². The van der Waals surface area contributed by atoms with Gasteiger partial charge in [0.05, 0.1) is 5.56 Å². The zero-order chi connectivity index (χ0) is 13.1. The minimum atomic E-state index is -0.278. The third-order valence-corrected chi connectivity index (χ3v) is 4.37. The van der Waals surface area contributed by atoms with E-state index in [1.54, 1.807) is 0 Å². The molecule has 1 amide bonds. The lowest BCUT2D eigenvalue weighted by molar-refractivity contribution is 0.0935. The van der Waals surface area contributed by atoms with Crippen LogP contribution in [0.15, 0.2) is 18.2 Å². The third kappa shape index (κ3) is 2.90. The van der Waals surface area contributed by atoms with Crippen LogP contribution in [0.25, 0.3) is 0 Å². The highest BCUT2D eigenvalue weighted by atomic mass is 32.2. The number of aromatic hydroxyl groups is 2. The van der Waals surface area contributed by atoms with Crippen molar-refractivity contribution in [2.24, 2.45) is 0 Å². The highest BCUT2D eigenvalue weighted by Gasteiger charge is 2.26. The molecule has 1 aromatic carbocycles. The van der Waals surface area contributed by atoms with E-state index in [1.165, 1.54) is 18.2 Å². The highest BCUT2D eigenvalue weighted by Crippen LogP contribution is 2.29. The summed E-state index contributed by atoms with van der Waals surface area (Å²) in [6.45, 7) is 0. The maximum absolute atomic E-state index is 12.0. The molecule has 0 saturated heterocycles. The number of phenols is 2. The van der Waals surface area contributed by atoms with E-state index in [0.29, 0.717) is 5.25 Å². The molecule has 2 rings (SSSR count). The van der Waals surface area contributed by atoms with Gasteiger partial charge in [0.1, 0.15) is 11.5 Å². The third-order valence-electron chi connectivity index (χ3n) is 3.28. The van der Waals surface area contributed by atoms with Gasteiger partial charge in [-0.2, -0.15) is 11.8 Å². The second kappa shape index (κ2) is 5.52. The van der Waals surface area contributed by atoms with Crippen molar-refractivity contribution in [1.29, 1.82) is 0 Å². The number of rotatable bonds is 3. The maximum atomic E-state index is 12.0. The molecule has 5 heteroatoms. The van der Waals surface area contributed by atoms with Crippen LogP contribution in [-0.4, -0.2) is 33.7 Å². The molecule has 0 heterocycles. The largest absolute Gasteiger partial charge is 0.508 e. The molecule has 0 aromatic heterocycles. The Morgan fingerprint density at radius 2 is 2.17 bits per heavy atom. The summed E-state index contributed by atoms with van der Waals surface area (Å²) in [6, 6.07) is 4.19. The summed E-state index contributed by atoms with van der Waals surface area (Å²) in [4.78, 5) is 12.0. The molecule has 1 aliphatic carbocycles. The second-order valence-corrected chi connectivity index (χ2v) is 5.68. The van der Waals surface area contributed by atoms with E-state index in [1.807, 2.05) is 11.8 Å². The van der Waals surface area contributed by atoms with Crippen molar-refractivity contribution >= 4 is 17.7 Å². The van der Waals surface area contributed by atoms with Crippen molar-refractivity contribution in [3.63, 3.8) is 0 Å². The van der Waals surface area contributed by atoms with E-state index >= 15 is 0 Å². The molecule has 1 aliphatic rings. The Bertz CT molecular complexity index is 450. The van der Waals surface area contributed by atoms with Gasteiger partial charge in [-0.25, -0.2) is 0 Å². The fourth-order valence-electron chi connectivity index (χ4n) is 2.26. The molecule has 0 spiro atoms. The van der Waals surface area contributed by atoms with Crippen molar-refractivity contribution in [3.05, 3.63) is 23.8 Å². The van der Waals surface area contributed by atoms with Gasteiger partial charge in [-0.05, 0) is 37.7 Å². The van der Waals surface area contributed by atoms with Gasteiger partial charge in [-0.15, -0.1) is 0 Å². The lowest BCUT2D eigenvalue weighted by Gasteiger charge is -2.13. The summed E-state index contributed by atoms with van der Waals surface area (Å²) < 4.78 is 0. The molecule has 3 N–H and O–H groups in total. The monoisotopic (exact) mass is 267 g/mol. The highest BCUT2D eigenvalue weighted by molar-refractivity contribution is 7.99. The van der Waals surface area contributed by atoms with Crippen LogP contribution in [-0.2, 0) is 0 Å². The molecule has 2 atom stereocenters. The number of nitrogens with one attached hydrogen (secondary N) is 1. The lowest BCUT2D eigenvalue weighted by Crippen LogP contribution is -2.33. The fourth-order valence-corrected chi connectivity index (χ4v) is 3.06. The topological polar surface area (TPSA) is 69.6 Å². The van der Waals surface area contributed by atoms with Crippen LogP contribution >= 0.6 is 11.8 Å². The molecule has 1 fully saturated rings. The van der Waals surface area contributed by atoms with E-state index in [0.717, 1.165) is 19.3 Å². The van der Waals surface area contributed by atoms with Crippen molar-refractivity contribution in [1.82, 2.24) is 5.32 Å². The summed E-state index contributed by atoms with van der Waals surface area (Å²) in [5, 5.41) is 22.3. The molecule has 2 unspecified atom stereocenters. The average Bonchev–Trinajstić information content (AvgIpc) is 2.76. The molecule has 98 valence electrons. The summed E-state index contributed by atoms with van der Waals surface area (Å²) in [7, 11) is 0. The zero-order valence-corrected chi connectivity index (χ0v) is 11.0. The molecule has 4 nitrogen and oxygen atoms in total. The Hall–Kier alpha value is -1.36. The van der Waals surface area contributed by atoms with Gasteiger partial charge in [0.15, 0.2) is 0 Å². The van der Waals surface area contributed by atoms with Gasteiger partial charge < -0.3 is 15.5 Å². The zero-order valence-electron chi connectivity index (χ0n) is 10.2. The molecular weight excluding hydrogens is 250 g/mol. The van der Waals surface area contributed by atoms with E-state index < -0.39 is 0 Å². The van der Waals surface area contributed by atoms with Crippen LogP contribution in [0.3, 0.4) is 0 Å². The molecule has 18 heavy (non-hydrogen) atoms. The summed E-state index contributed by atoms with van der Waals surface area (Å²) in [6.07, 6.45) is 5.16. The predicted molar refractivity (Wildman–Crippen MR) is 72.2 cm³/mol. The number of amides is 1. The van der Waals surface area contributed by atoms with E-state index in [9.17, 15) is 15.0 Å². The van der Waals surface area contributed by atoms with Crippen molar-refractivity contribution < 1.29 is 15.0 Å². The number of phenolic OH excluding ortho intramolecular Hbond substituents is 2. The molecule has 0 aliphatic heterocycles. The lowest BCUT2D eigenvalue weighted by atomic mass is 10.1. The molecule has 1 aromatic rings. The first-order chi connectivity index (χ1) is 8.60. The molecular formula is C13H17NO3S. The first-order valence-corrected chi connectivity index (χ1v) is 7.24. The van der Waals surface area contributed by atoms with Crippen LogP contribution in [0.1, 0.15) is 29.6 Å². The van der Waals surface area contributed by atoms with Crippen LogP contribution < -0.4 is 5.32 Å². The molecule has 1 saturated carbocycles.